The number of ketones is 1. The van der Waals surface area contributed by atoms with Gasteiger partial charge in [0.15, 0.2) is 5.78 Å². The second-order valence-electron chi connectivity index (χ2n) is 6.20. The van der Waals surface area contributed by atoms with Crippen LogP contribution < -0.4 is 5.73 Å². The highest BCUT2D eigenvalue weighted by atomic mass is 16.1. The number of nitrogens with zero attached hydrogens (tertiary/aromatic N) is 3. The van der Waals surface area contributed by atoms with E-state index in [4.69, 9.17) is 5.73 Å². The first-order valence-corrected chi connectivity index (χ1v) is 7.93. The molecule has 0 saturated heterocycles. The zero-order valence-electron chi connectivity index (χ0n) is 13.2. The number of amides is 1. The van der Waals surface area contributed by atoms with E-state index < -0.39 is 11.8 Å². The van der Waals surface area contributed by atoms with Gasteiger partial charge in [0.25, 0.3) is 5.91 Å². The summed E-state index contributed by atoms with van der Waals surface area (Å²) in [6.07, 6.45) is 1.94. The number of hydrogen-bond donors (Lipinski definition) is 1. The number of amidine groups is 1. The molecule has 0 bridgehead atoms. The number of benzene rings is 1. The molecule has 1 aromatic rings. The first-order valence-electron chi connectivity index (χ1n) is 7.93. The van der Waals surface area contributed by atoms with E-state index in [1.165, 1.54) is 0 Å². The normalized spacial score (nSPS) is 23.2. The number of rotatable bonds is 1. The average molecular weight is 320 g/mol. The summed E-state index contributed by atoms with van der Waals surface area (Å²) in [6.45, 7) is 1.99. The molecule has 1 atom stereocenters. The fourth-order valence-electron chi connectivity index (χ4n) is 3.41. The van der Waals surface area contributed by atoms with E-state index in [1.54, 1.807) is 0 Å². The monoisotopic (exact) mass is 320 g/mol. The molecule has 24 heavy (non-hydrogen) atoms. The van der Waals surface area contributed by atoms with Crippen molar-refractivity contribution in [2.45, 2.75) is 26.2 Å². The highest BCUT2D eigenvalue weighted by Crippen LogP contribution is 2.38. The molecular formula is C18H16N4O2. The maximum absolute atomic E-state index is 12.6. The molecule has 3 aliphatic rings. The number of guanidine groups is 1. The van der Waals surface area contributed by atoms with Crippen LogP contribution in [0.1, 0.15) is 30.4 Å². The van der Waals surface area contributed by atoms with Gasteiger partial charge >= 0.3 is 0 Å². The van der Waals surface area contributed by atoms with Crippen LogP contribution in [0, 0.1) is 12.8 Å². The molecule has 120 valence electrons. The van der Waals surface area contributed by atoms with Crippen molar-refractivity contribution in [2.75, 3.05) is 0 Å². The third kappa shape index (κ3) is 2.22. The van der Waals surface area contributed by atoms with Crippen molar-refractivity contribution >= 4 is 34.8 Å². The van der Waals surface area contributed by atoms with Gasteiger partial charge in [-0.05, 0) is 30.9 Å². The van der Waals surface area contributed by atoms with E-state index in [-0.39, 0.29) is 11.7 Å². The Morgan fingerprint density at radius 2 is 1.79 bits per heavy atom. The molecule has 0 spiro atoms. The molecular weight excluding hydrogens is 304 g/mol. The highest BCUT2D eigenvalue weighted by molar-refractivity contribution is 6.37. The van der Waals surface area contributed by atoms with Gasteiger partial charge in [-0.3, -0.25) is 9.59 Å². The number of nitrogens with two attached hydrogens (primary N) is 1. The van der Waals surface area contributed by atoms with Crippen molar-refractivity contribution in [3.8, 4) is 0 Å². The fourth-order valence-corrected chi connectivity index (χ4v) is 3.41. The van der Waals surface area contributed by atoms with Gasteiger partial charge in [0.05, 0.1) is 5.71 Å². The van der Waals surface area contributed by atoms with Crippen molar-refractivity contribution in [3.63, 3.8) is 0 Å². The molecule has 1 saturated carbocycles. The molecule has 1 aromatic carbocycles. The summed E-state index contributed by atoms with van der Waals surface area (Å²) in [5.74, 6) is -0.867. The number of fused-ring (bicyclic) bond motifs is 2. The van der Waals surface area contributed by atoms with Gasteiger partial charge in [0.1, 0.15) is 11.8 Å². The van der Waals surface area contributed by atoms with E-state index in [1.807, 2.05) is 31.2 Å². The number of dihydropyridines is 1. The van der Waals surface area contributed by atoms with Gasteiger partial charge in [-0.25, -0.2) is 4.99 Å². The number of Topliss-reactive ketones (excluding diaryl/α,β-unsaturated/α-hetero) is 1. The SMILES string of the molecule is Cc1ccc(C2=C3C(=O)CCCC3=NC3=NC(N)=NC(=O)C32)cc1. The van der Waals surface area contributed by atoms with Gasteiger partial charge < -0.3 is 5.73 Å². The van der Waals surface area contributed by atoms with Crippen molar-refractivity contribution in [1.29, 1.82) is 0 Å². The first kappa shape index (κ1) is 14.7. The highest BCUT2D eigenvalue weighted by Gasteiger charge is 2.41. The Balaban J connectivity index is 1.98. The van der Waals surface area contributed by atoms with E-state index in [0.29, 0.717) is 35.5 Å². The average Bonchev–Trinajstić information content (AvgIpc) is 2.54. The van der Waals surface area contributed by atoms with E-state index >= 15 is 0 Å². The van der Waals surface area contributed by atoms with Gasteiger partial charge in [0.2, 0.25) is 5.96 Å². The van der Waals surface area contributed by atoms with Gasteiger partial charge in [0, 0.05) is 12.0 Å². The molecule has 1 amide bonds. The number of aryl methyl sites for hydroxylation is 1. The molecule has 4 rings (SSSR count). The third-order valence-electron chi connectivity index (χ3n) is 4.51. The Morgan fingerprint density at radius 3 is 2.54 bits per heavy atom. The van der Waals surface area contributed by atoms with Crippen LogP contribution in [-0.4, -0.2) is 29.2 Å². The third-order valence-corrected chi connectivity index (χ3v) is 4.51. The van der Waals surface area contributed by atoms with Crippen LogP contribution in [0.15, 0.2) is 44.8 Å². The summed E-state index contributed by atoms with van der Waals surface area (Å²) in [4.78, 5) is 37.5. The van der Waals surface area contributed by atoms with Crippen LogP contribution in [0.25, 0.3) is 5.57 Å². The van der Waals surface area contributed by atoms with E-state index in [0.717, 1.165) is 17.5 Å². The Hall–Kier alpha value is -2.89. The predicted octanol–water partition coefficient (Wildman–Crippen LogP) is 1.83. The summed E-state index contributed by atoms with van der Waals surface area (Å²) in [5, 5.41) is 0. The van der Waals surface area contributed by atoms with Crippen LogP contribution in [0.4, 0.5) is 0 Å². The Kier molecular flexibility index (Phi) is 3.26. The van der Waals surface area contributed by atoms with Crippen LogP contribution in [0.5, 0.6) is 0 Å². The lowest BCUT2D eigenvalue weighted by molar-refractivity contribution is -0.118. The molecule has 1 unspecified atom stereocenters. The lowest BCUT2D eigenvalue weighted by Gasteiger charge is -2.30. The smallest absolute Gasteiger partial charge is 0.264 e. The summed E-state index contributed by atoms with van der Waals surface area (Å²) in [6, 6.07) is 7.77. The van der Waals surface area contributed by atoms with Crippen molar-refractivity contribution in [3.05, 3.63) is 41.0 Å². The van der Waals surface area contributed by atoms with Gasteiger partial charge in [-0.15, -0.1) is 0 Å². The minimum Gasteiger partial charge on any atom is -0.368 e. The quantitative estimate of drug-likeness (QED) is 0.854. The minimum atomic E-state index is -0.749. The molecule has 1 aliphatic carbocycles. The Labute approximate surface area is 138 Å². The maximum Gasteiger partial charge on any atom is 0.264 e. The van der Waals surface area contributed by atoms with Crippen molar-refractivity contribution < 1.29 is 9.59 Å². The summed E-state index contributed by atoms with van der Waals surface area (Å²) in [5.41, 5.74) is 9.51. The van der Waals surface area contributed by atoms with Crippen LogP contribution >= 0.6 is 0 Å². The standard InChI is InChI=1S/C18H16N4O2/c1-9-5-7-10(8-6-9)13-14-11(3-2-4-12(14)23)20-16-15(13)17(24)22-18(19)21-16/h5-8,15H,2-4H2,1H3,(H2,19,22,24). The number of aliphatic imine (C=N–C) groups is 3. The first-order chi connectivity index (χ1) is 11.5. The zero-order chi connectivity index (χ0) is 16.8. The fraction of sp³-hybridized carbons (Fsp3) is 0.278. The molecule has 0 aromatic heterocycles. The van der Waals surface area contributed by atoms with Crippen LogP contribution in [-0.2, 0) is 9.59 Å². The summed E-state index contributed by atoms with van der Waals surface area (Å²) < 4.78 is 0. The Bertz CT molecular complexity index is 888. The largest absolute Gasteiger partial charge is 0.368 e. The molecule has 6 heteroatoms. The molecule has 2 heterocycles. The predicted molar refractivity (Wildman–Crippen MR) is 91.9 cm³/mol. The number of allylic oxidation sites excluding steroid dienone is 1. The van der Waals surface area contributed by atoms with E-state index in [2.05, 4.69) is 15.0 Å². The topological polar surface area (TPSA) is 97.2 Å². The molecule has 0 radical (unpaired) electrons. The number of hydrogen-bond acceptors (Lipinski definition) is 5. The van der Waals surface area contributed by atoms with E-state index in [9.17, 15) is 9.59 Å². The number of carbonyl (C=O) groups is 2. The van der Waals surface area contributed by atoms with Gasteiger partial charge in [-0.1, -0.05) is 29.8 Å². The van der Waals surface area contributed by atoms with Crippen LogP contribution in [0.3, 0.4) is 0 Å². The lowest BCUT2D eigenvalue weighted by atomic mass is 9.77. The molecule has 6 nitrogen and oxygen atoms in total. The van der Waals surface area contributed by atoms with Crippen LogP contribution in [0.2, 0.25) is 0 Å². The number of carbonyl (C=O) groups excluding carboxylic acids is 2. The summed E-state index contributed by atoms with van der Waals surface area (Å²) in [7, 11) is 0. The lowest BCUT2D eigenvalue weighted by Crippen LogP contribution is -2.38. The van der Waals surface area contributed by atoms with Gasteiger partial charge in [-0.2, -0.15) is 9.98 Å². The molecule has 1 fully saturated rings. The zero-order valence-corrected chi connectivity index (χ0v) is 13.2. The molecule has 2 aliphatic heterocycles. The van der Waals surface area contributed by atoms with Crippen molar-refractivity contribution in [2.24, 2.45) is 26.6 Å². The minimum absolute atomic E-state index is 0.0324. The second kappa shape index (κ2) is 5.33. The Morgan fingerprint density at radius 1 is 1.04 bits per heavy atom. The second-order valence-corrected chi connectivity index (χ2v) is 6.20. The molecule has 2 N–H and O–H groups in total. The summed E-state index contributed by atoms with van der Waals surface area (Å²) >= 11 is 0. The van der Waals surface area contributed by atoms with Crippen molar-refractivity contribution in [1.82, 2.24) is 0 Å². The maximum atomic E-state index is 12.6.